The van der Waals surface area contributed by atoms with Crippen molar-refractivity contribution in [2.45, 2.75) is 12.5 Å². The van der Waals surface area contributed by atoms with E-state index in [9.17, 15) is 9.59 Å². The van der Waals surface area contributed by atoms with Crippen LogP contribution in [0.4, 0.5) is 5.69 Å². The summed E-state index contributed by atoms with van der Waals surface area (Å²) in [4.78, 5) is 25.3. The molecular formula is C19H19Cl3N2O3S. The number of amides is 2. The van der Waals surface area contributed by atoms with Crippen LogP contribution in [0, 0.1) is 0 Å². The van der Waals surface area contributed by atoms with Gasteiger partial charge in [-0.15, -0.1) is 0 Å². The van der Waals surface area contributed by atoms with E-state index in [0.29, 0.717) is 33.7 Å². The maximum atomic E-state index is 12.7. The minimum atomic E-state index is -0.743. The molecule has 2 rings (SSSR count). The van der Waals surface area contributed by atoms with E-state index in [1.54, 1.807) is 36.0 Å². The molecule has 0 radical (unpaired) electrons. The summed E-state index contributed by atoms with van der Waals surface area (Å²) in [5.74, 6) is 0.393. The molecule has 0 saturated carbocycles. The van der Waals surface area contributed by atoms with E-state index in [0.717, 1.165) is 0 Å². The Morgan fingerprint density at radius 2 is 1.86 bits per heavy atom. The molecule has 2 amide bonds. The Morgan fingerprint density at radius 3 is 2.46 bits per heavy atom. The van der Waals surface area contributed by atoms with Gasteiger partial charge in [-0.2, -0.15) is 11.8 Å². The van der Waals surface area contributed by atoms with Crippen molar-refractivity contribution in [1.29, 1.82) is 0 Å². The number of hydrogen-bond acceptors (Lipinski definition) is 4. The number of benzene rings is 2. The number of carbonyl (C=O) groups is 2. The first kappa shape index (κ1) is 22.7. The Bertz CT molecular complexity index is 864. The van der Waals surface area contributed by atoms with E-state index >= 15 is 0 Å². The second kappa shape index (κ2) is 10.8. The van der Waals surface area contributed by atoms with E-state index in [4.69, 9.17) is 39.5 Å². The smallest absolute Gasteiger partial charge is 0.253 e. The summed E-state index contributed by atoms with van der Waals surface area (Å²) in [5, 5.41) is 6.52. The quantitative estimate of drug-likeness (QED) is 0.571. The van der Waals surface area contributed by atoms with Crippen LogP contribution in [0.1, 0.15) is 16.8 Å². The Labute approximate surface area is 183 Å². The molecule has 2 N–H and O–H groups in total. The van der Waals surface area contributed by atoms with Gasteiger partial charge in [0.2, 0.25) is 5.91 Å². The minimum Gasteiger partial charge on any atom is -0.495 e. The molecule has 0 spiro atoms. The Balaban J connectivity index is 2.14. The average molecular weight is 462 g/mol. The first-order valence-corrected chi connectivity index (χ1v) is 10.8. The zero-order valence-electron chi connectivity index (χ0n) is 15.2. The summed E-state index contributed by atoms with van der Waals surface area (Å²) in [6.07, 6.45) is 2.38. The maximum Gasteiger partial charge on any atom is 0.253 e. The lowest BCUT2D eigenvalue weighted by atomic mass is 10.1. The van der Waals surface area contributed by atoms with Gasteiger partial charge in [0.1, 0.15) is 11.8 Å². The number of rotatable bonds is 8. The second-order valence-corrected chi connectivity index (χ2v) is 8.01. The van der Waals surface area contributed by atoms with Gasteiger partial charge in [0.15, 0.2) is 0 Å². The molecular weight excluding hydrogens is 443 g/mol. The molecule has 5 nitrogen and oxygen atoms in total. The number of thioether (sulfide) groups is 1. The second-order valence-electron chi connectivity index (χ2n) is 5.77. The van der Waals surface area contributed by atoms with Crippen LogP contribution in [0.2, 0.25) is 15.1 Å². The van der Waals surface area contributed by atoms with Gasteiger partial charge < -0.3 is 15.4 Å². The van der Waals surface area contributed by atoms with Crippen molar-refractivity contribution >= 4 is 64.1 Å². The summed E-state index contributed by atoms with van der Waals surface area (Å²) in [6.45, 7) is 0. The molecule has 0 aliphatic carbocycles. The fraction of sp³-hybridized carbons (Fsp3) is 0.263. The summed E-state index contributed by atoms with van der Waals surface area (Å²) < 4.78 is 5.10. The zero-order valence-corrected chi connectivity index (χ0v) is 18.3. The highest BCUT2D eigenvalue weighted by Gasteiger charge is 2.22. The van der Waals surface area contributed by atoms with E-state index in [-0.39, 0.29) is 16.5 Å². The van der Waals surface area contributed by atoms with Crippen molar-refractivity contribution in [3.05, 3.63) is 57.0 Å². The first-order chi connectivity index (χ1) is 13.3. The summed E-state index contributed by atoms with van der Waals surface area (Å²) in [5.41, 5.74) is 0.754. The highest BCUT2D eigenvalue weighted by molar-refractivity contribution is 7.98. The molecule has 2 aromatic carbocycles. The number of anilines is 1. The Hall–Kier alpha value is -1.60. The first-order valence-electron chi connectivity index (χ1n) is 8.25. The lowest BCUT2D eigenvalue weighted by Gasteiger charge is -2.19. The molecule has 0 aromatic heterocycles. The summed E-state index contributed by atoms with van der Waals surface area (Å²) in [7, 11) is 1.51. The van der Waals surface area contributed by atoms with Crippen LogP contribution in [0.15, 0.2) is 36.4 Å². The van der Waals surface area contributed by atoms with Crippen molar-refractivity contribution in [3.8, 4) is 5.75 Å². The highest BCUT2D eigenvalue weighted by Crippen LogP contribution is 2.27. The highest BCUT2D eigenvalue weighted by atomic mass is 35.5. The van der Waals surface area contributed by atoms with Gasteiger partial charge in [-0.3, -0.25) is 9.59 Å². The molecule has 0 aliphatic rings. The van der Waals surface area contributed by atoms with Gasteiger partial charge in [0.25, 0.3) is 5.91 Å². The number of methoxy groups -OCH3 is 1. The van der Waals surface area contributed by atoms with E-state index in [1.807, 2.05) is 6.26 Å². The van der Waals surface area contributed by atoms with Crippen LogP contribution in [0.3, 0.4) is 0 Å². The third-order valence-electron chi connectivity index (χ3n) is 3.83. The van der Waals surface area contributed by atoms with Crippen molar-refractivity contribution in [3.63, 3.8) is 0 Å². The molecule has 28 heavy (non-hydrogen) atoms. The van der Waals surface area contributed by atoms with E-state index in [2.05, 4.69) is 10.6 Å². The normalized spacial score (nSPS) is 11.6. The lowest BCUT2D eigenvalue weighted by molar-refractivity contribution is -0.118. The minimum absolute atomic E-state index is 0.218. The maximum absolute atomic E-state index is 12.7. The number of halogens is 3. The number of carbonyl (C=O) groups excluding carboxylic acids is 2. The van der Waals surface area contributed by atoms with Crippen molar-refractivity contribution in [2.24, 2.45) is 0 Å². The van der Waals surface area contributed by atoms with Gasteiger partial charge >= 0.3 is 0 Å². The standard InChI is InChI=1S/C19H19Cl3N2O3S/c1-27-17-6-4-12(10-15(17)22)23-19(26)16(7-8-28-2)24-18(25)13-5-3-11(20)9-14(13)21/h3-6,9-10,16H,7-8H2,1-2H3,(H,23,26)(H,24,25). The predicted octanol–water partition coefficient (Wildman–Crippen LogP) is 5.15. The number of hydrogen-bond donors (Lipinski definition) is 2. The third-order valence-corrected chi connectivity index (χ3v) is 5.31. The van der Waals surface area contributed by atoms with Crippen molar-refractivity contribution in [2.75, 3.05) is 24.4 Å². The van der Waals surface area contributed by atoms with E-state index < -0.39 is 11.9 Å². The van der Waals surface area contributed by atoms with Crippen LogP contribution in [0.5, 0.6) is 5.75 Å². The lowest BCUT2D eigenvalue weighted by Crippen LogP contribution is -2.44. The fourth-order valence-electron chi connectivity index (χ4n) is 2.39. The fourth-order valence-corrected chi connectivity index (χ4v) is 3.61. The SMILES string of the molecule is COc1ccc(NC(=O)C(CCSC)NC(=O)c2ccc(Cl)cc2Cl)cc1Cl. The summed E-state index contributed by atoms with van der Waals surface area (Å²) in [6, 6.07) is 8.74. The predicted molar refractivity (Wildman–Crippen MR) is 117 cm³/mol. The molecule has 150 valence electrons. The van der Waals surface area contributed by atoms with Gasteiger partial charge in [-0.1, -0.05) is 34.8 Å². The summed E-state index contributed by atoms with van der Waals surface area (Å²) >= 11 is 19.6. The Kier molecular flexibility index (Phi) is 8.76. The van der Waals surface area contributed by atoms with Crippen molar-refractivity contribution in [1.82, 2.24) is 5.32 Å². The largest absolute Gasteiger partial charge is 0.495 e. The number of ether oxygens (including phenoxy) is 1. The van der Waals surface area contributed by atoms with Gasteiger partial charge in [-0.05, 0) is 54.8 Å². The molecule has 1 unspecified atom stereocenters. The molecule has 0 fully saturated rings. The van der Waals surface area contributed by atoms with Gasteiger partial charge in [-0.25, -0.2) is 0 Å². The molecule has 2 aromatic rings. The monoisotopic (exact) mass is 460 g/mol. The van der Waals surface area contributed by atoms with Gasteiger partial charge in [0, 0.05) is 10.7 Å². The molecule has 9 heteroatoms. The van der Waals surface area contributed by atoms with Crippen LogP contribution in [0.25, 0.3) is 0 Å². The molecule has 0 bridgehead atoms. The van der Waals surface area contributed by atoms with Crippen LogP contribution < -0.4 is 15.4 Å². The molecule has 0 saturated heterocycles. The molecule has 0 heterocycles. The zero-order chi connectivity index (χ0) is 20.7. The van der Waals surface area contributed by atoms with Crippen LogP contribution in [-0.4, -0.2) is 37.0 Å². The van der Waals surface area contributed by atoms with Crippen molar-refractivity contribution < 1.29 is 14.3 Å². The molecule has 0 aliphatic heterocycles. The van der Waals surface area contributed by atoms with Crippen LogP contribution >= 0.6 is 46.6 Å². The van der Waals surface area contributed by atoms with Crippen LogP contribution in [-0.2, 0) is 4.79 Å². The average Bonchev–Trinajstić information content (AvgIpc) is 2.65. The number of nitrogens with one attached hydrogen (secondary N) is 2. The molecule has 1 atom stereocenters. The van der Waals surface area contributed by atoms with E-state index in [1.165, 1.54) is 19.2 Å². The topological polar surface area (TPSA) is 67.4 Å². The Morgan fingerprint density at radius 1 is 1.11 bits per heavy atom. The van der Waals surface area contributed by atoms with Gasteiger partial charge in [0.05, 0.1) is 22.7 Å². The third kappa shape index (κ3) is 6.21.